The second-order valence-corrected chi connectivity index (χ2v) is 6.84. The van der Waals surface area contributed by atoms with Crippen LogP contribution < -0.4 is 15.4 Å². The lowest BCUT2D eigenvalue weighted by Crippen LogP contribution is -2.36. The van der Waals surface area contributed by atoms with Gasteiger partial charge in [-0.15, -0.1) is 11.3 Å². The molecule has 2 heterocycles. The number of aromatic nitrogens is 1. The fourth-order valence-electron chi connectivity index (χ4n) is 2.43. The van der Waals surface area contributed by atoms with Gasteiger partial charge < -0.3 is 15.4 Å². The van der Waals surface area contributed by atoms with Crippen LogP contribution >= 0.6 is 11.3 Å². The van der Waals surface area contributed by atoms with Crippen molar-refractivity contribution in [2.24, 2.45) is 0 Å². The Balaban J connectivity index is 1.52. The lowest BCUT2D eigenvalue weighted by molar-refractivity contribution is 0.237. The monoisotopic (exact) mass is 367 g/mol. The van der Waals surface area contributed by atoms with E-state index in [-0.39, 0.29) is 12.1 Å². The Morgan fingerprint density at radius 2 is 2.12 bits per heavy atom. The van der Waals surface area contributed by atoms with Crippen LogP contribution in [0.25, 0.3) is 0 Å². The Morgan fingerprint density at radius 1 is 1.19 bits per heavy atom. The minimum absolute atomic E-state index is 0.128. The highest BCUT2D eigenvalue weighted by Crippen LogP contribution is 2.20. The quantitative estimate of drug-likeness (QED) is 0.655. The Morgan fingerprint density at radius 3 is 2.88 bits per heavy atom. The molecule has 0 aliphatic carbocycles. The van der Waals surface area contributed by atoms with Crippen LogP contribution in [0.15, 0.2) is 66.2 Å². The predicted molar refractivity (Wildman–Crippen MR) is 103 cm³/mol. The second-order valence-electron chi connectivity index (χ2n) is 5.81. The summed E-state index contributed by atoms with van der Waals surface area (Å²) in [5, 5.41) is 7.81. The molecule has 0 saturated carbocycles. The van der Waals surface area contributed by atoms with Crippen LogP contribution in [0.2, 0.25) is 0 Å². The molecule has 1 aromatic carbocycles. The van der Waals surface area contributed by atoms with E-state index >= 15 is 0 Å². The van der Waals surface area contributed by atoms with E-state index in [9.17, 15) is 4.79 Å². The predicted octanol–water partition coefficient (Wildman–Crippen LogP) is 4.28. The number of rotatable bonds is 7. The molecule has 1 atom stereocenters. The van der Waals surface area contributed by atoms with Crippen LogP contribution in [-0.2, 0) is 13.2 Å². The molecule has 0 bridgehead atoms. The number of hydrogen-bond acceptors (Lipinski definition) is 4. The summed E-state index contributed by atoms with van der Waals surface area (Å²) in [5.74, 6) is 0.751. The number of hydrogen-bond donors (Lipinski definition) is 2. The molecule has 3 aromatic rings. The minimum Gasteiger partial charge on any atom is -0.487 e. The van der Waals surface area contributed by atoms with Gasteiger partial charge in [0, 0.05) is 11.1 Å². The highest BCUT2D eigenvalue weighted by molar-refractivity contribution is 7.09. The summed E-state index contributed by atoms with van der Waals surface area (Å²) in [6.45, 7) is 2.89. The van der Waals surface area contributed by atoms with Crippen molar-refractivity contribution in [2.75, 3.05) is 0 Å². The van der Waals surface area contributed by atoms with Crippen LogP contribution in [0.1, 0.15) is 29.1 Å². The lowest BCUT2D eigenvalue weighted by atomic mass is 10.1. The third-order valence-corrected chi connectivity index (χ3v) is 4.70. The number of carbonyl (C=O) groups excluding carboxylic acids is 1. The molecule has 0 radical (unpaired) electrons. The van der Waals surface area contributed by atoms with Crippen molar-refractivity contribution in [2.45, 2.75) is 26.1 Å². The van der Waals surface area contributed by atoms with Gasteiger partial charge in [-0.2, -0.15) is 0 Å². The maximum absolute atomic E-state index is 12.1. The SMILES string of the molecule is CC(NC(=O)NCc1cccs1)c1cccc(OCc2ccccn2)c1. The number of amides is 2. The van der Waals surface area contributed by atoms with Gasteiger partial charge in [0.2, 0.25) is 0 Å². The first-order chi connectivity index (χ1) is 12.7. The van der Waals surface area contributed by atoms with Crippen molar-refractivity contribution in [3.8, 4) is 5.75 Å². The second kappa shape index (κ2) is 9.01. The van der Waals surface area contributed by atoms with Gasteiger partial charge in [-0.3, -0.25) is 4.98 Å². The van der Waals surface area contributed by atoms with E-state index in [0.29, 0.717) is 13.2 Å². The molecular formula is C20H21N3O2S. The lowest BCUT2D eigenvalue weighted by Gasteiger charge is -2.16. The van der Waals surface area contributed by atoms with E-state index in [2.05, 4.69) is 15.6 Å². The molecule has 0 saturated heterocycles. The van der Waals surface area contributed by atoms with E-state index in [4.69, 9.17) is 4.74 Å². The maximum Gasteiger partial charge on any atom is 0.315 e. The first-order valence-electron chi connectivity index (χ1n) is 8.40. The summed E-state index contributed by atoms with van der Waals surface area (Å²) in [4.78, 5) is 17.4. The van der Waals surface area contributed by atoms with Crippen molar-refractivity contribution in [3.63, 3.8) is 0 Å². The average molecular weight is 367 g/mol. The van der Waals surface area contributed by atoms with E-state index in [1.807, 2.05) is 66.9 Å². The Bertz CT molecular complexity index is 822. The van der Waals surface area contributed by atoms with Gasteiger partial charge >= 0.3 is 6.03 Å². The van der Waals surface area contributed by atoms with Gasteiger partial charge in [0.15, 0.2) is 0 Å². The molecule has 0 spiro atoms. The fraction of sp³-hybridized carbons (Fsp3) is 0.200. The molecule has 0 aliphatic rings. The summed E-state index contributed by atoms with van der Waals surface area (Å²) in [6.07, 6.45) is 1.75. The van der Waals surface area contributed by atoms with Crippen molar-refractivity contribution in [3.05, 3.63) is 82.3 Å². The van der Waals surface area contributed by atoms with Gasteiger partial charge in [0.05, 0.1) is 18.3 Å². The Kier molecular flexibility index (Phi) is 6.22. The third-order valence-electron chi connectivity index (χ3n) is 3.82. The van der Waals surface area contributed by atoms with Crippen LogP contribution in [-0.4, -0.2) is 11.0 Å². The molecule has 134 valence electrons. The summed E-state index contributed by atoms with van der Waals surface area (Å²) >= 11 is 1.62. The molecule has 6 heteroatoms. The number of pyridine rings is 1. The first kappa shape index (κ1) is 17.9. The van der Waals surface area contributed by atoms with E-state index in [0.717, 1.165) is 21.9 Å². The van der Waals surface area contributed by atoms with E-state index in [1.165, 1.54) is 0 Å². The number of nitrogens with one attached hydrogen (secondary N) is 2. The molecular weight excluding hydrogens is 346 g/mol. The highest BCUT2D eigenvalue weighted by atomic mass is 32.1. The zero-order valence-corrected chi connectivity index (χ0v) is 15.3. The van der Waals surface area contributed by atoms with Crippen molar-refractivity contribution < 1.29 is 9.53 Å². The molecule has 2 aromatic heterocycles. The van der Waals surface area contributed by atoms with Gasteiger partial charge in [-0.1, -0.05) is 24.3 Å². The van der Waals surface area contributed by atoms with E-state index < -0.39 is 0 Å². The van der Waals surface area contributed by atoms with Gasteiger partial charge in [0.25, 0.3) is 0 Å². The summed E-state index contributed by atoms with van der Waals surface area (Å²) < 4.78 is 5.79. The van der Waals surface area contributed by atoms with Gasteiger partial charge in [0.1, 0.15) is 12.4 Å². The largest absolute Gasteiger partial charge is 0.487 e. The normalized spacial score (nSPS) is 11.6. The molecule has 2 N–H and O–H groups in total. The number of benzene rings is 1. The fourth-order valence-corrected chi connectivity index (χ4v) is 3.07. The van der Waals surface area contributed by atoms with Crippen LogP contribution in [0.3, 0.4) is 0 Å². The zero-order valence-electron chi connectivity index (χ0n) is 14.5. The van der Waals surface area contributed by atoms with Crippen molar-refractivity contribution in [1.82, 2.24) is 15.6 Å². The van der Waals surface area contributed by atoms with Gasteiger partial charge in [-0.25, -0.2) is 4.79 Å². The van der Waals surface area contributed by atoms with Crippen LogP contribution in [0.5, 0.6) is 5.75 Å². The Labute approximate surface area is 157 Å². The molecule has 3 rings (SSSR count). The standard InChI is InChI=1S/C20H21N3O2S/c1-15(23-20(24)22-13-19-9-5-11-26-19)16-6-4-8-18(12-16)25-14-17-7-2-3-10-21-17/h2-12,15H,13-14H2,1H3,(H2,22,23,24). The number of carbonyl (C=O) groups is 1. The smallest absolute Gasteiger partial charge is 0.315 e. The number of urea groups is 1. The van der Waals surface area contributed by atoms with Crippen LogP contribution in [0.4, 0.5) is 4.79 Å². The van der Waals surface area contributed by atoms with Crippen molar-refractivity contribution >= 4 is 17.4 Å². The molecule has 1 unspecified atom stereocenters. The zero-order chi connectivity index (χ0) is 18.2. The maximum atomic E-state index is 12.1. The summed E-state index contributed by atoms with van der Waals surface area (Å²) in [7, 11) is 0. The molecule has 0 aliphatic heterocycles. The molecule has 2 amide bonds. The Hall–Kier alpha value is -2.86. The molecule has 5 nitrogen and oxygen atoms in total. The number of ether oxygens (including phenoxy) is 1. The van der Waals surface area contributed by atoms with Crippen molar-refractivity contribution in [1.29, 1.82) is 0 Å². The minimum atomic E-state index is -0.189. The highest BCUT2D eigenvalue weighted by Gasteiger charge is 2.10. The molecule has 0 fully saturated rings. The first-order valence-corrected chi connectivity index (χ1v) is 9.28. The summed E-state index contributed by atoms with van der Waals surface area (Å²) in [5.41, 5.74) is 1.85. The van der Waals surface area contributed by atoms with E-state index in [1.54, 1.807) is 17.5 Å². The average Bonchev–Trinajstić information content (AvgIpc) is 3.19. The number of thiophene rings is 1. The number of nitrogens with zero attached hydrogens (tertiary/aromatic N) is 1. The van der Waals surface area contributed by atoms with Gasteiger partial charge in [-0.05, 0) is 48.2 Å². The topological polar surface area (TPSA) is 63.2 Å². The third kappa shape index (κ3) is 5.32. The summed E-state index contributed by atoms with van der Waals surface area (Å²) in [6, 6.07) is 17.1. The molecule has 26 heavy (non-hydrogen) atoms. The van der Waals surface area contributed by atoms with Crippen LogP contribution in [0, 0.1) is 0 Å².